The van der Waals surface area contributed by atoms with E-state index < -0.39 is 24.2 Å². The molecule has 0 aromatic heterocycles. The summed E-state index contributed by atoms with van der Waals surface area (Å²) in [5.74, 6) is -0.117. The van der Waals surface area contributed by atoms with Crippen LogP contribution in [0.15, 0.2) is 91.0 Å². The number of rotatable bonds is 12. The highest BCUT2D eigenvalue weighted by Crippen LogP contribution is 2.30. The molecule has 41 heavy (non-hydrogen) atoms. The maximum Gasteiger partial charge on any atom is 0.408 e. The van der Waals surface area contributed by atoms with Gasteiger partial charge in [0.05, 0.1) is 12.5 Å². The van der Waals surface area contributed by atoms with Crippen molar-refractivity contribution in [3.63, 3.8) is 0 Å². The molecule has 4 atom stereocenters. The maximum absolute atomic E-state index is 13.6. The lowest BCUT2D eigenvalue weighted by Gasteiger charge is -2.25. The van der Waals surface area contributed by atoms with Crippen molar-refractivity contribution in [2.75, 3.05) is 12.9 Å². The van der Waals surface area contributed by atoms with Crippen molar-refractivity contribution < 1.29 is 28.6 Å². The van der Waals surface area contributed by atoms with Crippen molar-refractivity contribution in [3.05, 3.63) is 108 Å². The molecule has 0 radical (unpaired) electrons. The summed E-state index contributed by atoms with van der Waals surface area (Å²) in [5.41, 5.74) is 2.49. The number of hydrogen-bond donors (Lipinski definition) is 2. The molecule has 1 fully saturated rings. The van der Waals surface area contributed by atoms with Crippen LogP contribution in [0.25, 0.3) is 0 Å². The third-order valence-electron chi connectivity index (χ3n) is 6.95. The number of esters is 2. The van der Waals surface area contributed by atoms with Crippen LogP contribution >= 0.6 is 11.8 Å². The predicted octanol–water partition coefficient (Wildman–Crippen LogP) is 5.23. The number of alkyl carbamates (subject to hydrolysis) is 1. The molecule has 8 nitrogen and oxygen atoms in total. The highest BCUT2D eigenvalue weighted by atomic mass is 32.2. The van der Waals surface area contributed by atoms with Crippen LogP contribution in [0.3, 0.4) is 0 Å². The summed E-state index contributed by atoms with van der Waals surface area (Å²) < 4.78 is 16.4. The van der Waals surface area contributed by atoms with Crippen molar-refractivity contribution in [1.82, 2.24) is 10.6 Å². The quantitative estimate of drug-likeness (QED) is 0.223. The summed E-state index contributed by atoms with van der Waals surface area (Å²) >= 11 is 1.65. The first kappa shape index (κ1) is 30.1. The van der Waals surface area contributed by atoms with Gasteiger partial charge in [-0.25, -0.2) is 9.59 Å². The Morgan fingerprint density at radius 1 is 0.902 bits per heavy atom. The van der Waals surface area contributed by atoms with Gasteiger partial charge in [0.1, 0.15) is 18.7 Å². The molecule has 4 rings (SSSR count). The van der Waals surface area contributed by atoms with Crippen LogP contribution in [0, 0.1) is 5.92 Å². The van der Waals surface area contributed by atoms with Crippen LogP contribution in [0.4, 0.5) is 4.79 Å². The molecule has 3 aromatic carbocycles. The second-order valence-electron chi connectivity index (χ2n) is 9.95. The maximum atomic E-state index is 13.6. The molecule has 0 bridgehead atoms. The van der Waals surface area contributed by atoms with Crippen molar-refractivity contribution >= 4 is 29.8 Å². The summed E-state index contributed by atoms with van der Waals surface area (Å²) in [5, 5.41) is 6.07. The molecule has 1 saturated heterocycles. The second kappa shape index (κ2) is 15.3. The molecule has 0 saturated carbocycles. The van der Waals surface area contributed by atoms with Crippen LogP contribution in [0.2, 0.25) is 0 Å². The van der Waals surface area contributed by atoms with Gasteiger partial charge >= 0.3 is 18.0 Å². The zero-order chi connectivity index (χ0) is 29.0. The van der Waals surface area contributed by atoms with E-state index in [9.17, 15) is 14.4 Å². The number of amides is 1. The second-order valence-corrected chi connectivity index (χ2v) is 11.1. The van der Waals surface area contributed by atoms with Crippen LogP contribution in [0.1, 0.15) is 42.6 Å². The average molecular weight is 577 g/mol. The summed E-state index contributed by atoms with van der Waals surface area (Å²) in [6.07, 6.45) is -0.407. The Morgan fingerprint density at radius 3 is 2.07 bits per heavy atom. The third kappa shape index (κ3) is 8.83. The van der Waals surface area contributed by atoms with E-state index in [2.05, 4.69) is 17.6 Å². The summed E-state index contributed by atoms with van der Waals surface area (Å²) in [4.78, 5) is 38.4. The summed E-state index contributed by atoms with van der Waals surface area (Å²) in [7, 11) is 1.38. The standard InChI is InChI=1S/C32H36N2O6S/c1-22(29-33-27(21-41-29)30(35)38-2)18-19-26(34-32(37)39-20-23-12-6-3-7-13-23)31(36)40-28(24-14-8-4-9-15-24)25-16-10-5-11-17-25/h3-17,22,26-29,33H,18-21H2,1-2H3,(H,34,37)/t22-,26-,27-,29-/m0/s1. The van der Waals surface area contributed by atoms with Gasteiger partial charge in [-0.1, -0.05) is 97.9 Å². The topological polar surface area (TPSA) is 103 Å². The first-order chi connectivity index (χ1) is 19.9. The lowest BCUT2D eigenvalue weighted by Crippen LogP contribution is -2.43. The Kier molecular flexibility index (Phi) is 11.2. The molecule has 0 spiro atoms. The molecule has 9 heteroatoms. The third-order valence-corrected chi connectivity index (χ3v) is 8.43. The SMILES string of the molecule is COC(=O)[C@@H]1CS[C@@H]([C@@H](C)CC[C@H](NC(=O)OCc2ccccc2)C(=O)OC(c2ccccc2)c2ccccc2)N1. The predicted molar refractivity (Wildman–Crippen MR) is 158 cm³/mol. The van der Waals surface area contributed by atoms with E-state index in [-0.39, 0.29) is 29.9 Å². The molecule has 1 amide bonds. The van der Waals surface area contributed by atoms with Gasteiger partial charge in [-0.3, -0.25) is 10.1 Å². The van der Waals surface area contributed by atoms with Crippen LogP contribution in [-0.4, -0.2) is 48.4 Å². The highest BCUT2D eigenvalue weighted by molar-refractivity contribution is 8.00. The molecule has 216 valence electrons. The summed E-state index contributed by atoms with van der Waals surface area (Å²) in [6.45, 7) is 2.14. The minimum atomic E-state index is -0.932. The van der Waals surface area contributed by atoms with Gasteiger partial charge < -0.3 is 19.5 Å². The lowest BCUT2D eigenvalue weighted by molar-refractivity contribution is -0.150. The molecular formula is C32H36N2O6S. The van der Waals surface area contributed by atoms with Gasteiger partial charge in [0.25, 0.3) is 0 Å². The van der Waals surface area contributed by atoms with E-state index in [0.29, 0.717) is 18.6 Å². The molecule has 1 aliphatic rings. The fourth-order valence-corrected chi connectivity index (χ4v) is 5.98. The van der Waals surface area contributed by atoms with Crippen molar-refractivity contribution in [1.29, 1.82) is 0 Å². The Bertz CT molecular complexity index is 1220. The number of nitrogens with one attached hydrogen (secondary N) is 2. The Labute approximate surface area is 245 Å². The number of benzene rings is 3. The first-order valence-corrected chi connectivity index (χ1v) is 14.7. The monoisotopic (exact) mass is 576 g/mol. The van der Waals surface area contributed by atoms with Gasteiger partial charge in [0.15, 0.2) is 6.10 Å². The fraction of sp³-hybridized carbons (Fsp3) is 0.344. The zero-order valence-corrected chi connectivity index (χ0v) is 24.0. The van der Waals surface area contributed by atoms with Crippen molar-refractivity contribution in [3.8, 4) is 0 Å². The molecular weight excluding hydrogens is 540 g/mol. The molecule has 1 heterocycles. The van der Waals surface area contributed by atoms with E-state index in [0.717, 1.165) is 16.7 Å². The van der Waals surface area contributed by atoms with Crippen LogP contribution in [0.5, 0.6) is 0 Å². The van der Waals surface area contributed by atoms with E-state index in [1.807, 2.05) is 91.0 Å². The molecule has 2 N–H and O–H groups in total. The molecule has 1 aliphatic heterocycles. The fourth-order valence-electron chi connectivity index (χ4n) is 4.62. The van der Waals surface area contributed by atoms with Crippen molar-refractivity contribution in [2.24, 2.45) is 5.92 Å². The number of hydrogen-bond acceptors (Lipinski definition) is 8. The normalized spacial score (nSPS) is 17.8. The Balaban J connectivity index is 1.45. The zero-order valence-electron chi connectivity index (χ0n) is 23.2. The van der Waals surface area contributed by atoms with E-state index >= 15 is 0 Å². The molecule has 0 aliphatic carbocycles. The van der Waals surface area contributed by atoms with Crippen molar-refractivity contribution in [2.45, 2.75) is 49.9 Å². The number of methoxy groups -OCH3 is 1. The molecule has 0 unspecified atom stereocenters. The first-order valence-electron chi connectivity index (χ1n) is 13.7. The van der Waals surface area contributed by atoms with Crippen LogP contribution < -0.4 is 10.6 Å². The number of ether oxygens (including phenoxy) is 3. The number of carbonyl (C=O) groups is 3. The number of thioether (sulfide) groups is 1. The van der Waals surface area contributed by atoms with E-state index in [4.69, 9.17) is 14.2 Å². The van der Waals surface area contributed by atoms with Gasteiger partial charge in [0, 0.05) is 5.75 Å². The lowest BCUT2D eigenvalue weighted by atomic mass is 9.99. The average Bonchev–Trinajstić information content (AvgIpc) is 3.52. The van der Waals surface area contributed by atoms with Gasteiger partial charge in [0.2, 0.25) is 0 Å². The number of carbonyl (C=O) groups excluding carboxylic acids is 3. The summed E-state index contributed by atoms with van der Waals surface area (Å²) in [6, 6.07) is 27.1. The highest BCUT2D eigenvalue weighted by Gasteiger charge is 2.34. The van der Waals surface area contributed by atoms with Crippen LogP contribution in [-0.2, 0) is 30.4 Å². The Morgan fingerprint density at radius 2 is 1.49 bits per heavy atom. The largest absolute Gasteiger partial charge is 0.468 e. The minimum Gasteiger partial charge on any atom is -0.468 e. The van der Waals surface area contributed by atoms with E-state index in [1.54, 1.807) is 11.8 Å². The smallest absolute Gasteiger partial charge is 0.408 e. The Hall–Kier alpha value is -3.82. The minimum absolute atomic E-state index is 0.0159. The van der Waals surface area contributed by atoms with Gasteiger partial charge in [-0.15, -0.1) is 11.8 Å². The molecule has 3 aromatic rings. The van der Waals surface area contributed by atoms with Gasteiger partial charge in [-0.2, -0.15) is 0 Å². The van der Waals surface area contributed by atoms with Gasteiger partial charge in [-0.05, 0) is 35.4 Å². The van der Waals surface area contributed by atoms with E-state index in [1.165, 1.54) is 7.11 Å².